The van der Waals surface area contributed by atoms with Crippen LogP contribution in [0.5, 0.6) is 0 Å². The molecule has 2 rings (SSSR count). The Balaban J connectivity index is 2.37. The van der Waals surface area contributed by atoms with E-state index in [-0.39, 0.29) is 17.6 Å². The van der Waals surface area contributed by atoms with Crippen molar-refractivity contribution in [3.63, 3.8) is 0 Å². The van der Waals surface area contributed by atoms with Gasteiger partial charge in [-0.1, -0.05) is 0 Å². The first-order valence-corrected chi connectivity index (χ1v) is 7.08. The lowest BCUT2D eigenvalue weighted by Crippen LogP contribution is -2.49. The zero-order valence-corrected chi connectivity index (χ0v) is 12.3. The van der Waals surface area contributed by atoms with Gasteiger partial charge in [-0.3, -0.25) is 14.9 Å². The van der Waals surface area contributed by atoms with Crippen LogP contribution in [0.3, 0.4) is 0 Å². The first kappa shape index (κ1) is 15.2. The second-order valence-corrected chi connectivity index (χ2v) is 5.12. The van der Waals surface area contributed by atoms with E-state index in [0.29, 0.717) is 30.9 Å². The lowest BCUT2D eigenvalue weighted by molar-refractivity contribution is -0.384. The Morgan fingerprint density at radius 2 is 2.33 bits per heavy atom. The molecule has 0 unspecified atom stereocenters. The molecule has 0 radical (unpaired) electrons. The van der Waals surface area contributed by atoms with Gasteiger partial charge >= 0.3 is 0 Å². The summed E-state index contributed by atoms with van der Waals surface area (Å²) in [4.78, 5) is 24.7. The van der Waals surface area contributed by atoms with Crippen LogP contribution in [0.1, 0.15) is 24.2 Å². The maximum atomic E-state index is 11.9. The number of piperazine rings is 1. The van der Waals surface area contributed by atoms with Crippen molar-refractivity contribution in [1.82, 2.24) is 10.6 Å². The van der Waals surface area contributed by atoms with Crippen LogP contribution in [0.4, 0.5) is 11.4 Å². The van der Waals surface area contributed by atoms with Gasteiger partial charge in [0.2, 0.25) is 0 Å². The smallest absolute Gasteiger partial charge is 0.292 e. The van der Waals surface area contributed by atoms with Crippen LogP contribution in [-0.4, -0.2) is 43.1 Å². The molecule has 1 fully saturated rings. The molecule has 7 nitrogen and oxygen atoms in total. The highest BCUT2D eigenvalue weighted by Gasteiger charge is 2.24. The van der Waals surface area contributed by atoms with E-state index < -0.39 is 4.92 Å². The van der Waals surface area contributed by atoms with Gasteiger partial charge in [0.25, 0.3) is 11.6 Å². The molecule has 21 heavy (non-hydrogen) atoms. The van der Waals surface area contributed by atoms with Crippen molar-refractivity contribution in [1.29, 1.82) is 0 Å². The molecular formula is C14H20N4O3. The van der Waals surface area contributed by atoms with Gasteiger partial charge in [-0.25, -0.2) is 0 Å². The normalized spacial score (nSPS) is 18.4. The average molecular weight is 292 g/mol. The SMILES string of the molecule is CCNC(=O)c1ccc([N+](=O)[O-])c(N2CCN[C@H](C)C2)c1. The summed E-state index contributed by atoms with van der Waals surface area (Å²) in [6.07, 6.45) is 0. The Morgan fingerprint density at radius 1 is 1.57 bits per heavy atom. The fourth-order valence-electron chi connectivity index (χ4n) is 2.49. The van der Waals surface area contributed by atoms with Crippen molar-refractivity contribution >= 4 is 17.3 Å². The first-order chi connectivity index (χ1) is 10.0. The molecule has 1 aliphatic heterocycles. The Morgan fingerprint density at radius 3 is 2.95 bits per heavy atom. The highest BCUT2D eigenvalue weighted by atomic mass is 16.6. The van der Waals surface area contributed by atoms with Crippen LogP contribution in [-0.2, 0) is 0 Å². The summed E-state index contributed by atoms with van der Waals surface area (Å²) in [5.74, 6) is -0.211. The number of carbonyl (C=O) groups excluding carboxylic acids is 1. The molecule has 1 aromatic rings. The Kier molecular flexibility index (Phi) is 4.74. The molecule has 2 N–H and O–H groups in total. The van der Waals surface area contributed by atoms with Gasteiger partial charge in [0.15, 0.2) is 0 Å². The summed E-state index contributed by atoms with van der Waals surface area (Å²) in [5.41, 5.74) is 0.998. The predicted molar refractivity (Wildman–Crippen MR) is 80.8 cm³/mol. The molecule has 1 amide bonds. The number of carbonyl (C=O) groups is 1. The maximum absolute atomic E-state index is 11.9. The van der Waals surface area contributed by atoms with Crippen molar-refractivity contribution in [3.8, 4) is 0 Å². The monoisotopic (exact) mass is 292 g/mol. The fraction of sp³-hybridized carbons (Fsp3) is 0.500. The van der Waals surface area contributed by atoms with Crippen LogP contribution in [0, 0.1) is 10.1 Å². The molecule has 1 atom stereocenters. The Labute approximate surface area is 123 Å². The topological polar surface area (TPSA) is 87.5 Å². The summed E-state index contributed by atoms with van der Waals surface area (Å²) >= 11 is 0. The van der Waals surface area contributed by atoms with E-state index in [1.54, 1.807) is 6.07 Å². The zero-order chi connectivity index (χ0) is 15.4. The quantitative estimate of drug-likeness (QED) is 0.642. The number of rotatable bonds is 4. The molecule has 1 aliphatic rings. The fourth-order valence-corrected chi connectivity index (χ4v) is 2.49. The van der Waals surface area contributed by atoms with Crippen molar-refractivity contribution in [3.05, 3.63) is 33.9 Å². The Bertz CT molecular complexity index is 547. The van der Waals surface area contributed by atoms with Crippen molar-refractivity contribution < 1.29 is 9.72 Å². The van der Waals surface area contributed by atoms with Crippen molar-refractivity contribution in [2.24, 2.45) is 0 Å². The van der Waals surface area contributed by atoms with Gasteiger partial charge < -0.3 is 15.5 Å². The highest BCUT2D eigenvalue weighted by molar-refractivity contribution is 5.96. The van der Waals surface area contributed by atoms with Gasteiger partial charge in [-0.2, -0.15) is 0 Å². The molecule has 114 valence electrons. The van der Waals surface area contributed by atoms with E-state index in [9.17, 15) is 14.9 Å². The van der Waals surface area contributed by atoms with E-state index in [4.69, 9.17) is 0 Å². The molecule has 0 bridgehead atoms. The van der Waals surface area contributed by atoms with Crippen LogP contribution in [0.2, 0.25) is 0 Å². The third-order valence-corrected chi connectivity index (χ3v) is 3.48. The van der Waals surface area contributed by atoms with Gasteiger partial charge in [-0.05, 0) is 26.0 Å². The van der Waals surface area contributed by atoms with Crippen LogP contribution < -0.4 is 15.5 Å². The van der Waals surface area contributed by atoms with E-state index >= 15 is 0 Å². The van der Waals surface area contributed by atoms with E-state index in [0.717, 1.165) is 6.54 Å². The summed E-state index contributed by atoms with van der Waals surface area (Å²) in [6, 6.07) is 4.78. The van der Waals surface area contributed by atoms with Gasteiger partial charge in [-0.15, -0.1) is 0 Å². The number of benzene rings is 1. The number of anilines is 1. The van der Waals surface area contributed by atoms with Crippen LogP contribution in [0.25, 0.3) is 0 Å². The van der Waals surface area contributed by atoms with E-state index in [1.807, 2.05) is 18.7 Å². The molecular weight excluding hydrogens is 272 g/mol. The van der Waals surface area contributed by atoms with Gasteiger partial charge in [0.1, 0.15) is 5.69 Å². The van der Waals surface area contributed by atoms with E-state index in [2.05, 4.69) is 10.6 Å². The number of hydrogen-bond acceptors (Lipinski definition) is 5. The minimum atomic E-state index is -0.399. The number of nitrogens with one attached hydrogen (secondary N) is 2. The minimum Gasteiger partial charge on any atom is -0.363 e. The largest absolute Gasteiger partial charge is 0.363 e. The molecule has 0 aliphatic carbocycles. The second-order valence-electron chi connectivity index (χ2n) is 5.12. The predicted octanol–water partition coefficient (Wildman–Crippen LogP) is 1.14. The molecule has 1 heterocycles. The average Bonchev–Trinajstić information content (AvgIpc) is 2.46. The molecule has 1 aromatic carbocycles. The highest BCUT2D eigenvalue weighted by Crippen LogP contribution is 2.30. The molecule has 0 saturated carbocycles. The lowest BCUT2D eigenvalue weighted by Gasteiger charge is -2.33. The van der Waals surface area contributed by atoms with Gasteiger partial charge in [0, 0.05) is 43.9 Å². The summed E-state index contributed by atoms with van der Waals surface area (Å²) < 4.78 is 0. The number of nitrogens with zero attached hydrogens (tertiary/aromatic N) is 2. The lowest BCUT2D eigenvalue weighted by atomic mass is 10.1. The number of amides is 1. The molecule has 1 saturated heterocycles. The maximum Gasteiger partial charge on any atom is 0.292 e. The molecule has 0 aromatic heterocycles. The number of hydrogen-bond donors (Lipinski definition) is 2. The number of nitro benzene ring substituents is 1. The molecule has 0 spiro atoms. The summed E-state index contributed by atoms with van der Waals surface area (Å²) in [7, 11) is 0. The van der Waals surface area contributed by atoms with Crippen molar-refractivity contribution in [2.75, 3.05) is 31.1 Å². The third kappa shape index (κ3) is 3.49. The standard InChI is InChI=1S/C14H20N4O3/c1-3-15-14(19)11-4-5-12(18(20)21)13(8-11)17-7-6-16-10(2)9-17/h4-5,8,10,16H,3,6-7,9H2,1-2H3,(H,15,19)/t10-/m1/s1. The van der Waals surface area contributed by atoms with Crippen LogP contribution in [0.15, 0.2) is 18.2 Å². The summed E-state index contributed by atoms with van der Waals surface area (Å²) in [5, 5.41) is 17.2. The van der Waals surface area contributed by atoms with Gasteiger partial charge in [0.05, 0.1) is 4.92 Å². The van der Waals surface area contributed by atoms with E-state index in [1.165, 1.54) is 12.1 Å². The minimum absolute atomic E-state index is 0.0390. The second kappa shape index (κ2) is 6.53. The third-order valence-electron chi connectivity index (χ3n) is 3.48. The van der Waals surface area contributed by atoms with Crippen LogP contribution >= 0.6 is 0 Å². The Hall–Kier alpha value is -2.15. The van der Waals surface area contributed by atoms with Crippen molar-refractivity contribution in [2.45, 2.75) is 19.9 Å². The number of nitro groups is 1. The molecule has 7 heteroatoms. The zero-order valence-electron chi connectivity index (χ0n) is 12.3. The first-order valence-electron chi connectivity index (χ1n) is 7.08. The summed E-state index contributed by atoms with van der Waals surface area (Å²) in [6.45, 7) is 6.52.